The molecule has 0 radical (unpaired) electrons. The second-order valence-electron chi connectivity index (χ2n) is 4.46. The van der Waals surface area contributed by atoms with E-state index in [0.717, 1.165) is 17.3 Å². The van der Waals surface area contributed by atoms with Gasteiger partial charge in [0.2, 0.25) is 0 Å². The number of amides is 1. The molecule has 4 heteroatoms. The van der Waals surface area contributed by atoms with E-state index in [4.69, 9.17) is 11.6 Å². The van der Waals surface area contributed by atoms with Crippen molar-refractivity contribution in [3.63, 3.8) is 0 Å². The van der Waals surface area contributed by atoms with Crippen molar-refractivity contribution < 1.29 is 4.79 Å². The molecule has 0 atom stereocenters. The van der Waals surface area contributed by atoms with E-state index in [9.17, 15) is 4.79 Å². The lowest BCUT2D eigenvalue weighted by Gasteiger charge is -2.24. The van der Waals surface area contributed by atoms with E-state index >= 15 is 0 Å². The predicted molar refractivity (Wildman–Crippen MR) is 73.5 cm³/mol. The van der Waals surface area contributed by atoms with Gasteiger partial charge in [-0.15, -0.1) is 0 Å². The van der Waals surface area contributed by atoms with Gasteiger partial charge in [0.15, 0.2) is 0 Å². The fourth-order valence-corrected chi connectivity index (χ4v) is 2.89. The minimum atomic E-state index is 0.0169. The quantitative estimate of drug-likeness (QED) is 0.804. The van der Waals surface area contributed by atoms with Gasteiger partial charge in [0.1, 0.15) is 0 Å². The molecule has 0 unspecified atom stereocenters. The molecule has 0 N–H and O–H groups in total. The third kappa shape index (κ3) is 2.66. The Bertz CT molecular complexity index is 429. The third-order valence-electron chi connectivity index (χ3n) is 3.37. The van der Waals surface area contributed by atoms with Crippen LogP contribution in [0.25, 0.3) is 0 Å². The van der Waals surface area contributed by atoms with Crippen molar-refractivity contribution in [1.29, 1.82) is 0 Å². The molecule has 0 saturated heterocycles. The third-order valence-corrected chi connectivity index (χ3v) is 4.67. The van der Waals surface area contributed by atoms with Crippen LogP contribution in [0.4, 0.5) is 0 Å². The largest absolute Gasteiger partial charge is 0.339 e. The van der Waals surface area contributed by atoms with E-state index in [1.807, 2.05) is 24.1 Å². The molecule has 2 rings (SSSR count). The van der Waals surface area contributed by atoms with Gasteiger partial charge in [-0.25, -0.2) is 0 Å². The fourth-order valence-electron chi connectivity index (χ4n) is 2.32. The maximum absolute atomic E-state index is 12.3. The predicted octanol–water partition coefficient (Wildman–Crippen LogP) is 4.12. The van der Waals surface area contributed by atoms with Gasteiger partial charge in [-0.1, -0.05) is 30.5 Å². The van der Waals surface area contributed by atoms with Crippen molar-refractivity contribution >= 4 is 33.4 Å². The molecule has 1 amide bonds. The topological polar surface area (TPSA) is 20.3 Å². The zero-order valence-corrected chi connectivity index (χ0v) is 12.1. The molecule has 92 valence electrons. The molecule has 1 aromatic rings. The van der Waals surface area contributed by atoms with Crippen molar-refractivity contribution in [1.82, 2.24) is 4.90 Å². The highest BCUT2D eigenvalue weighted by atomic mass is 79.9. The summed E-state index contributed by atoms with van der Waals surface area (Å²) in [6.45, 7) is 0. The van der Waals surface area contributed by atoms with Crippen molar-refractivity contribution in [3.8, 4) is 0 Å². The Kier molecular flexibility index (Phi) is 4.10. The molecule has 1 aromatic carbocycles. The van der Waals surface area contributed by atoms with Crippen LogP contribution in [0.5, 0.6) is 0 Å². The molecular weight excluding hydrogens is 302 g/mol. The Morgan fingerprint density at radius 1 is 1.41 bits per heavy atom. The molecule has 0 spiro atoms. The highest BCUT2D eigenvalue weighted by Gasteiger charge is 2.25. The van der Waals surface area contributed by atoms with Crippen LogP contribution in [0.3, 0.4) is 0 Å². The Labute approximate surface area is 115 Å². The monoisotopic (exact) mass is 315 g/mol. The van der Waals surface area contributed by atoms with E-state index in [-0.39, 0.29) is 5.91 Å². The number of carbonyl (C=O) groups is 1. The van der Waals surface area contributed by atoms with Crippen molar-refractivity contribution in [2.45, 2.75) is 31.7 Å². The van der Waals surface area contributed by atoms with Crippen LogP contribution in [-0.2, 0) is 0 Å². The fraction of sp³-hybridized carbons (Fsp3) is 0.462. The second kappa shape index (κ2) is 5.40. The van der Waals surface area contributed by atoms with Gasteiger partial charge in [-0.3, -0.25) is 4.79 Å². The molecule has 0 aromatic heterocycles. The van der Waals surface area contributed by atoms with Crippen LogP contribution in [0.2, 0.25) is 5.02 Å². The van der Waals surface area contributed by atoms with E-state index in [1.54, 1.807) is 6.07 Å². The smallest absolute Gasteiger partial charge is 0.255 e. The summed E-state index contributed by atoms with van der Waals surface area (Å²) < 4.78 is 0.768. The average molecular weight is 317 g/mol. The summed E-state index contributed by atoms with van der Waals surface area (Å²) in [4.78, 5) is 14.2. The summed E-state index contributed by atoms with van der Waals surface area (Å²) in [5.74, 6) is 0.0169. The first-order valence-corrected chi connectivity index (χ1v) is 6.99. The summed E-state index contributed by atoms with van der Waals surface area (Å²) >= 11 is 9.49. The number of nitrogens with zero attached hydrogens (tertiary/aromatic N) is 1. The Balaban J connectivity index is 2.21. The van der Waals surface area contributed by atoms with Crippen molar-refractivity contribution in [2.24, 2.45) is 0 Å². The Morgan fingerprint density at radius 2 is 2.06 bits per heavy atom. The lowest BCUT2D eigenvalue weighted by Crippen LogP contribution is -2.35. The number of carbonyl (C=O) groups excluding carboxylic acids is 1. The van der Waals surface area contributed by atoms with Crippen LogP contribution in [0.15, 0.2) is 22.7 Å². The Hall–Kier alpha value is -0.540. The molecule has 1 fully saturated rings. The van der Waals surface area contributed by atoms with Crippen molar-refractivity contribution in [2.75, 3.05) is 7.05 Å². The molecule has 1 aliphatic carbocycles. The van der Waals surface area contributed by atoms with Crippen LogP contribution >= 0.6 is 27.5 Å². The number of hydrogen-bond acceptors (Lipinski definition) is 1. The second-order valence-corrected chi connectivity index (χ2v) is 5.69. The Morgan fingerprint density at radius 3 is 2.71 bits per heavy atom. The summed E-state index contributed by atoms with van der Waals surface area (Å²) in [5.41, 5.74) is 0.579. The van der Waals surface area contributed by atoms with Gasteiger partial charge >= 0.3 is 0 Å². The maximum atomic E-state index is 12.3. The molecular formula is C13H15BrClNO. The highest BCUT2D eigenvalue weighted by molar-refractivity contribution is 9.10. The van der Waals surface area contributed by atoms with Gasteiger partial charge in [-0.05, 0) is 40.9 Å². The number of halogens is 2. The average Bonchev–Trinajstić information content (AvgIpc) is 2.84. The molecule has 1 aliphatic rings. The molecule has 0 heterocycles. The van der Waals surface area contributed by atoms with Crippen LogP contribution in [0, 0.1) is 0 Å². The standard InChI is InChI=1S/C13H15BrClNO/c1-16(9-5-2-3-6-9)13(17)10-7-4-8-11(14)12(10)15/h4,7-9H,2-3,5-6H2,1H3. The first-order chi connectivity index (χ1) is 8.11. The molecule has 0 aliphatic heterocycles. The van der Waals surface area contributed by atoms with E-state index in [2.05, 4.69) is 15.9 Å². The first kappa shape index (κ1) is 12.9. The lowest BCUT2D eigenvalue weighted by molar-refractivity contribution is 0.0735. The minimum absolute atomic E-state index is 0.0169. The summed E-state index contributed by atoms with van der Waals surface area (Å²) in [6.07, 6.45) is 4.64. The zero-order chi connectivity index (χ0) is 12.4. The van der Waals surface area contributed by atoms with Gasteiger partial charge in [-0.2, -0.15) is 0 Å². The minimum Gasteiger partial charge on any atom is -0.339 e. The summed E-state index contributed by atoms with van der Waals surface area (Å²) in [6, 6.07) is 5.83. The number of hydrogen-bond donors (Lipinski definition) is 0. The van der Waals surface area contributed by atoms with E-state index in [0.29, 0.717) is 16.6 Å². The zero-order valence-electron chi connectivity index (χ0n) is 9.75. The summed E-state index contributed by atoms with van der Waals surface area (Å²) in [5, 5.41) is 0.502. The maximum Gasteiger partial charge on any atom is 0.255 e. The van der Waals surface area contributed by atoms with Crippen LogP contribution in [0.1, 0.15) is 36.0 Å². The molecule has 1 saturated carbocycles. The SMILES string of the molecule is CN(C(=O)c1cccc(Br)c1Cl)C1CCCC1. The first-order valence-electron chi connectivity index (χ1n) is 5.82. The van der Waals surface area contributed by atoms with Gasteiger partial charge in [0.25, 0.3) is 5.91 Å². The molecule has 17 heavy (non-hydrogen) atoms. The van der Waals surface area contributed by atoms with Gasteiger partial charge in [0.05, 0.1) is 10.6 Å². The van der Waals surface area contributed by atoms with Crippen molar-refractivity contribution in [3.05, 3.63) is 33.3 Å². The van der Waals surface area contributed by atoms with E-state index in [1.165, 1.54) is 12.8 Å². The molecule has 2 nitrogen and oxygen atoms in total. The molecule has 0 bridgehead atoms. The normalized spacial score (nSPS) is 16.2. The van der Waals surface area contributed by atoms with Gasteiger partial charge < -0.3 is 4.90 Å². The van der Waals surface area contributed by atoms with Gasteiger partial charge in [0, 0.05) is 17.6 Å². The van der Waals surface area contributed by atoms with Crippen LogP contribution < -0.4 is 0 Å². The van der Waals surface area contributed by atoms with E-state index < -0.39 is 0 Å². The number of rotatable bonds is 2. The summed E-state index contributed by atoms with van der Waals surface area (Å²) in [7, 11) is 1.87. The number of benzene rings is 1. The lowest BCUT2D eigenvalue weighted by atomic mass is 10.1. The highest BCUT2D eigenvalue weighted by Crippen LogP contribution is 2.29. The van der Waals surface area contributed by atoms with Crippen LogP contribution in [-0.4, -0.2) is 23.9 Å².